The molecule has 0 aromatic heterocycles. The molecule has 1 aromatic carbocycles. The van der Waals surface area contributed by atoms with Gasteiger partial charge in [0.1, 0.15) is 16.5 Å². The lowest BCUT2D eigenvalue weighted by molar-refractivity contribution is 0.539. The van der Waals surface area contributed by atoms with Gasteiger partial charge in [-0.05, 0) is 6.07 Å². The van der Waals surface area contributed by atoms with E-state index in [4.69, 9.17) is 0 Å². The Balaban J connectivity index is 2.42. The highest BCUT2D eigenvalue weighted by Crippen LogP contribution is 2.26. The maximum atomic E-state index is 14.0. The number of hydrogen-bond acceptors (Lipinski definition) is 4. The van der Waals surface area contributed by atoms with E-state index in [9.17, 15) is 17.2 Å². The minimum atomic E-state index is -3.74. The van der Waals surface area contributed by atoms with Crippen molar-refractivity contribution in [3.8, 4) is 0 Å². The van der Waals surface area contributed by atoms with Crippen molar-refractivity contribution in [2.45, 2.75) is 11.8 Å². The van der Waals surface area contributed by atoms with Crippen molar-refractivity contribution in [3.05, 3.63) is 23.8 Å². The van der Waals surface area contributed by atoms with Gasteiger partial charge in [-0.1, -0.05) is 6.92 Å². The van der Waals surface area contributed by atoms with E-state index in [1.54, 1.807) is 4.90 Å². The maximum Gasteiger partial charge on any atom is 0.181 e. The van der Waals surface area contributed by atoms with E-state index in [-0.39, 0.29) is 11.4 Å². The fourth-order valence-corrected chi connectivity index (χ4v) is 3.01. The van der Waals surface area contributed by atoms with Crippen LogP contribution >= 0.6 is 0 Å². The molecule has 1 heterocycles. The lowest BCUT2D eigenvalue weighted by Gasteiger charge is -2.29. The van der Waals surface area contributed by atoms with Gasteiger partial charge >= 0.3 is 0 Å². The highest BCUT2D eigenvalue weighted by atomic mass is 32.2. The Bertz CT molecular complexity index is 569. The molecule has 0 bridgehead atoms. The Labute approximate surface area is 111 Å². The second kappa shape index (κ2) is 5.42. The second-order valence-electron chi connectivity index (χ2n) is 4.37. The number of nitrogens with one attached hydrogen (secondary N) is 1. The third-order valence-corrected chi connectivity index (χ3v) is 4.92. The van der Waals surface area contributed by atoms with Crippen LogP contribution in [0.5, 0.6) is 0 Å². The first-order valence-corrected chi connectivity index (χ1v) is 7.78. The zero-order valence-electron chi connectivity index (χ0n) is 10.6. The van der Waals surface area contributed by atoms with Crippen LogP contribution in [-0.2, 0) is 9.84 Å². The number of nitrogens with zero attached hydrogens (tertiary/aromatic N) is 1. The standard InChI is InChI=1S/C12H16F2N2O2S/c1-2-19(17,18)12-8-9(13)11(7-10(12)14)16-5-3-15-4-6-16/h7-8,15H,2-6H2,1H3. The summed E-state index contributed by atoms with van der Waals surface area (Å²) < 4.78 is 51.1. The maximum absolute atomic E-state index is 14.0. The Morgan fingerprint density at radius 1 is 1.21 bits per heavy atom. The smallest absolute Gasteiger partial charge is 0.181 e. The van der Waals surface area contributed by atoms with Crippen LogP contribution in [0.1, 0.15) is 6.92 Å². The van der Waals surface area contributed by atoms with Gasteiger partial charge < -0.3 is 10.2 Å². The first-order valence-electron chi connectivity index (χ1n) is 6.13. The van der Waals surface area contributed by atoms with Crippen LogP contribution < -0.4 is 10.2 Å². The van der Waals surface area contributed by atoms with Crippen LogP contribution in [0, 0.1) is 11.6 Å². The van der Waals surface area contributed by atoms with Crippen molar-refractivity contribution in [2.75, 3.05) is 36.8 Å². The van der Waals surface area contributed by atoms with Gasteiger partial charge in [0.25, 0.3) is 0 Å². The third-order valence-electron chi connectivity index (χ3n) is 3.17. The van der Waals surface area contributed by atoms with Gasteiger partial charge in [0, 0.05) is 32.2 Å². The summed E-state index contributed by atoms with van der Waals surface area (Å²) in [5.74, 6) is -1.84. The van der Waals surface area contributed by atoms with Gasteiger partial charge in [-0.3, -0.25) is 0 Å². The monoisotopic (exact) mass is 290 g/mol. The van der Waals surface area contributed by atoms with E-state index in [1.807, 2.05) is 0 Å². The molecule has 1 fully saturated rings. The summed E-state index contributed by atoms with van der Waals surface area (Å²) in [5, 5.41) is 3.11. The molecule has 4 nitrogen and oxygen atoms in total. The molecule has 1 aliphatic rings. The molecule has 0 amide bonds. The zero-order valence-corrected chi connectivity index (χ0v) is 11.4. The van der Waals surface area contributed by atoms with Crippen molar-refractivity contribution in [1.29, 1.82) is 0 Å². The molecular formula is C12H16F2N2O2S. The Morgan fingerprint density at radius 2 is 1.84 bits per heavy atom. The second-order valence-corrected chi connectivity index (χ2v) is 6.62. The molecule has 19 heavy (non-hydrogen) atoms. The SMILES string of the molecule is CCS(=O)(=O)c1cc(F)c(N2CCNCC2)cc1F. The van der Waals surface area contributed by atoms with E-state index < -0.39 is 26.4 Å². The summed E-state index contributed by atoms with van der Waals surface area (Å²) in [6.45, 7) is 3.91. The summed E-state index contributed by atoms with van der Waals surface area (Å²) in [4.78, 5) is 1.14. The lowest BCUT2D eigenvalue weighted by atomic mass is 10.2. The van der Waals surface area contributed by atoms with Gasteiger partial charge in [0.05, 0.1) is 11.4 Å². The van der Waals surface area contributed by atoms with E-state index in [2.05, 4.69) is 5.32 Å². The molecule has 0 aliphatic carbocycles. The molecule has 0 unspecified atom stereocenters. The van der Waals surface area contributed by atoms with Crippen LogP contribution in [0.25, 0.3) is 0 Å². The van der Waals surface area contributed by atoms with Crippen LogP contribution in [0.2, 0.25) is 0 Å². The van der Waals surface area contributed by atoms with E-state index in [0.717, 1.165) is 12.1 Å². The van der Waals surface area contributed by atoms with E-state index >= 15 is 0 Å². The molecule has 0 saturated carbocycles. The number of anilines is 1. The third kappa shape index (κ3) is 2.87. The van der Waals surface area contributed by atoms with Crippen molar-refractivity contribution in [1.82, 2.24) is 5.32 Å². The predicted molar refractivity (Wildman–Crippen MR) is 69.2 cm³/mol. The van der Waals surface area contributed by atoms with Crippen LogP contribution in [0.15, 0.2) is 17.0 Å². The number of halogens is 2. The summed E-state index contributed by atoms with van der Waals surface area (Å²) >= 11 is 0. The molecule has 106 valence electrons. The van der Waals surface area contributed by atoms with Crippen molar-refractivity contribution >= 4 is 15.5 Å². The topological polar surface area (TPSA) is 49.4 Å². The summed E-state index contributed by atoms with van der Waals surface area (Å²) in [6.07, 6.45) is 0. The van der Waals surface area contributed by atoms with Crippen molar-refractivity contribution < 1.29 is 17.2 Å². The first kappa shape index (κ1) is 14.2. The number of hydrogen-bond donors (Lipinski definition) is 1. The van der Waals surface area contributed by atoms with Crippen LogP contribution in [-0.4, -0.2) is 40.3 Å². The molecule has 1 aliphatic heterocycles. The fourth-order valence-electron chi connectivity index (χ4n) is 2.06. The zero-order chi connectivity index (χ0) is 14.0. The minimum Gasteiger partial charge on any atom is -0.367 e. The number of benzene rings is 1. The number of rotatable bonds is 3. The lowest BCUT2D eigenvalue weighted by Crippen LogP contribution is -2.44. The molecule has 7 heteroatoms. The highest BCUT2D eigenvalue weighted by molar-refractivity contribution is 7.91. The minimum absolute atomic E-state index is 0.119. The molecule has 1 N–H and O–H groups in total. The van der Waals surface area contributed by atoms with Crippen LogP contribution in [0.4, 0.5) is 14.5 Å². The van der Waals surface area contributed by atoms with Gasteiger partial charge in [0.2, 0.25) is 0 Å². The molecule has 1 aromatic rings. The molecule has 0 spiro atoms. The van der Waals surface area contributed by atoms with E-state index in [0.29, 0.717) is 26.2 Å². The first-order chi connectivity index (χ1) is 8.95. The van der Waals surface area contributed by atoms with Crippen molar-refractivity contribution in [3.63, 3.8) is 0 Å². The molecule has 2 rings (SSSR count). The highest BCUT2D eigenvalue weighted by Gasteiger charge is 2.23. The van der Waals surface area contributed by atoms with Gasteiger partial charge in [-0.2, -0.15) is 0 Å². The normalized spacial score (nSPS) is 16.7. The fraction of sp³-hybridized carbons (Fsp3) is 0.500. The molecular weight excluding hydrogens is 274 g/mol. The average molecular weight is 290 g/mol. The Morgan fingerprint density at radius 3 is 2.42 bits per heavy atom. The average Bonchev–Trinajstić information content (AvgIpc) is 2.41. The number of sulfone groups is 1. The summed E-state index contributed by atoms with van der Waals surface area (Å²) in [5.41, 5.74) is 0.119. The quantitative estimate of drug-likeness (QED) is 0.908. The van der Waals surface area contributed by atoms with Crippen molar-refractivity contribution in [2.24, 2.45) is 0 Å². The Hall–Kier alpha value is -1.21. The molecule has 0 atom stereocenters. The molecule has 0 radical (unpaired) electrons. The molecule has 1 saturated heterocycles. The predicted octanol–water partition coefficient (Wildman–Crippen LogP) is 1.17. The Kier molecular flexibility index (Phi) is 4.05. The summed E-state index contributed by atoms with van der Waals surface area (Å²) in [7, 11) is -3.74. The van der Waals surface area contributed by atoms with Gasteiger partial charge in [0.15, 0.2) is 9.84 Å². The van der Waals surface area contributed by atoms with Crippen LogP contribution in [0.3, 0.4) is 0 Å². The number of piperazine rings is 1. The van der Waals surface area contributed by atoms with Gasteiger partial charge in [-0.15, -0.1) is 0 Å². The van der Waals surface area contributed by atoms with Gasteiger partial charge in [-0.25, -0.2) is 17.2 Å². The van der Waals surface area contributed by atoms with E-state index in [1.165, 1.54) is 6.92 Å². The largest absolute Gasteiger partial charge is 0.367 e. The summed E-state index contributed by atoms with van der Waals surface area (Å²) in [6, 6.07) is 1.76.